The molecule has 0 aromatic carbocycles. The molecule has 162 valence electrons. The van der Waals surface area contributed by atoms with Crippen LogP contribution in [0.3, 0.4) is 0 Å². The minimum absolute atomic E-state index is 0.283. The van der Waals surface area contributed by atoms with Gasteiger partial charge in [-0.25, -0.2) is 9.59 Å². The maximum absolute atomic E-state index is 11.9. The van der Waals surface area contributed by atoms with Crippen molar-refractivity contribution in [2.45, 2.75) is 64.5 Å². The lowest BCUT2D eigenvalue weighted by Crippen LogP contribution is -2.48. The summed E-state index contributed by atoms with van der Waals surface area (Å²) < 4.78 is 20.3. The molecule has 28 heavy (non-hydrogen) atoms. The highest BCUT2D eigenvalue weighted by Gasteiger charge is 2.16. The van der Waals surface area contributed by atoms with Crippen LogP contribution in [0.15, 0.2) is 25.7 Å². The fraction of sp³-hybridized carbons (Fsp3) is 0.700. The largest absolute Gasteiger partial charge is 0.502 e. The zero-order valence-electron chi connectivity index (χ0n) is 17.1. The number of unbranched alkanes of at least 4 members (excludes halogenated alkanes) is 4. The van der Waals surface area contributed by atoms with Gasteiger partial charge in [0, 0.05) is 0 Å². The Bertz CT molecular complexity index is 397. The van der Waals surface area contributed by atoms with Gasteiger partial charge in [0.25, 0.3) is 0 Å². The molecule has 0 aliphatic carbocycles. The van der Waals surface area contributed by atoms with E-state index >= 15 is 0 Å². The van der Waals surface area contributed by atoms with Gasteiger partial charge in [-0.1, -0.05) is 32.9 Å². The Morgan fingerprint density at radius 2 is 1.25 bits per heavy atom. The van der Waals surface area contributed by atoms with Gasteiger partial charge in [-0.15, -0.1) is 0 Å². The van der Waals surface area contributed by atoms with Crippen LogP contribution < -0.4 is 10.6 Å². The molecule has 8 heteroatoms. The van der Waals surface area contributed by atoms with Crippen molar-refractivity contribution in [1.82, 2.24) is 10.6 Å². The van der Waals surface area contributed by atoms with E-state index in [2.05, 4.69) is 30.7 Å². The summed E-state index contributed by atoms with van der Waals surface area (Å²) in [4.78, 5) is 23.8. The van der Waals surface area contributed by atoms with Gasteiger partial charge < -0.3 is 29.6 Å². The Hall–Kier alpha value is -2.38. The summed E-state index contributed by atoms with van der Waals surface area (Å²) in [6.45, 7) is 10.7. The zero-order valence-corrected chi connectivity index (χ0v) is 17.1. The molecular formula is C20H36N2O6. The average molecular weight is 401 g/mol. The first-order valence-electron chi connectivity index (χ1n) is 9.95. The van der Waals surface area contributed by atoms with Gasteiger partial charge in [0.2, 0.25) is 0 Å². The highest BCUT2D eigenvalue weighted by Crippen LogP contribution is 2.03. The summed E-state index contributed by atoms with van der Waals surface area (Å²) in [6.07, 6.45) is 7.56. The third-order valence-electron chi connectivity index (χ3n) is 3.70. The molecule has 0 spiro atoms. The smallest absolute Gasteiger partial charge is 0.408 e. The summed E-state index contributed by atoms with van der Waals surface area (Å²) in [7, 11) is 0. The van der Waals surface area contributed by atoms with Crippen molar-refractivity contribution in [3.8, 4) is 0 Å². The lowest BCUT2D eigenvalue weighted by molar-refractivity contribution is 0.122. The molecule has 0 rings (SSSR count). The van der Waals surface area contributed by atoms with Crippen molar-refractivity contribution in [1.29, 1.82) is 0 Å². The van der Waals surface area contributed by atoms with E-state index in [9.17, 15) is 9.59 Å². The van der Waals surface area contributed by atoms with Gasteiger partial charge in [-0.2, -0.15) is 0 Å². The van der Waals surface area contributed by atoms with Crippen LogP contribution >= 0.6 is 0 Å². The molecule has 0 bridgehead atoms. The van der Waals surface area contributed by atoms with Gasteiger partial charge in [-0.05, 0) is 38.5 Å². The number of carbonyl (C=O) groups excluding carboxylic acids is 2. The van der Waals surface area contributed by atoms with E-state index in [-0.39, 0.29) is 13.2 Å². The molecule has 0 heterocycles. The number of amides is 2. The number of alkyl carbamates (subject to hydrolysis) is 2. The second-order valence-corrected chi connectivity index (χ2v) is 6.10. The van der Waals surface area contributed by atoms with Crippen molar-refractivity contribution in [2.24, 2.45) is 0 Å². The standard InChI is InChI=1S/C20H36N2O6/c1-4-7-8-13-18(21-19(23)27-16-11-9-14-25-5-2)22-20(24)28-17-12-10-15-26-6-3/h5-6,18H,2-4,7-17H2,1H3,(H,21,23)(H,22,24). The number of rotatable bonds is 18. The Morgan fingerprint density at radius 1 is 0.786 bits per heavy atom. The first-order chi connectivity index (χ1) is 13.6. The molecule has 0 unspecified atom stereocenters. The molecule has 0 atom stereocenters. The molecule has 0 saturated heterocycles. The number of nitrogens with one attached hydrogen (secondary N) is 2. The average Bonchev–Trinajstić information content (AvgIpc) is 2.67. The third kappa shape index (κ3) is 17.1. The lowest BCUT2D eigenvalue weighted by atomic mass is 10.2. The van der Waals surface area contributed by atoms with Gasteiger partial charge >= 0.3 is 12.2 Å². The van der Waals surface area contributed by atoms with Crippen LogP contribution in [0.4, 0.5) is 9.59 Å². The third-order valence-corrected chi connectivity index (χ3v) is 3.70. The normalized spacial score (nSPS) is 10.1. The molecule has 0 radical (unpaired) electrons. The van der Waals surface area contributed by atoms with E-state index < -0.39 is 18.4 Å². The highest BCUT2D eigenvalue weighted by atomic mass is 16.6. The van der Waals surface area contributed by atoms with E-state index in [1.807, 2.05) is 0 Å². The number of ether oxygens (including phenoxy) is 4. The van der Waals surface area contributed by atoms with E-state index in [1.165, 1.54) is 12.5 Å². The molecule has 2 N–H and O–H groups in total. The van der Waals surface area contributed by atoms with Crippen LogP contribution in [0, 0.1) is 0 Å². The van der Waals surface area contributed by atoms with Crippen LogP contribution in [0.25, 0.3) is 0 Å². The van der Waals surface area contributed by atoms with Crippen LogP contribution in [0.5, 0.6) is 0 Å². The first-order valence-corrected chi connectivity index (χ1v) is 9.95. The van der Waals surface area contributed by atoms with Crippen molar-refractivity contribution >= 4 is 12.2 Å². The van der Waals surface area contributed by atoms with Crippen LogP contribution in [0.2, 0.25) is 0 Å². The predicted octanol–water partition coefficient (Wildman–Crippen LogP) is 4.23. The fourth-order valence-electron chi connectivity index (χ4n) is 2.22. The Kier molecular flexibility index (Phi) is 17.7. The quantitative estimate of drug-likeness (QED) is 0.203. The summed E-state index contributed by atoms with van der Waals surface area (Å²) in [6, 6.07) is 0. The molecule has 0 aliphatic rings. The van der Waals surface area contributed by atoms with Gasteiger partial charge in [0.15, 0.2) is 0 Å². The Labute approximate surface area is 168 Å². The molecule has 0 aliphatic heterocycles. The van der Waals surface area contributed by atoms with Crippen LogP contribution in [-0.4, -0.2) is 44.8 Å². The van der Waals surface area contributed by atoms with E-state index in [1.54, 1.807) is 0 Å². The molecule has 8 nitrogen and oxygen atoms in total. The first kappa shape index (κ1) is 25.6. The predicted molar refractivity (Wildman–Crippen MR) is 108 cm³/mol. The van der Waals surface area contributed by atoms with Gasteiger partial charge in [0.05, 0.1) is 39.0 Å². The van der Waals surface area contributed by atoms with Crippen molar-refractivity contribution < 1.29 is 28.5 Å². The number of hydrogen-bond donors (Lipinski definition) is 2. The molecule has 0 fully saturated rings. The monoisotopic (exact) mass is 400 g/mol. The summed E-state index contributed by atoms with van der Waals surface area (Å²) in [5, 5.41) is 5.35. The molecule has 2 amide bonds. The molecular weight excluding hydrogens is 364 g/mol. The fourth-order valence-corrected chi connectivity index (χ4v) is 2.22. The summed E-state index contributed by atoms with van der Waals surface area (Å²) >= 11 is 0. The maximum Gasteiger partial charge on any atom is 0.408 e. The van der Waals surface area contributed by atoms with Crippen molar-refractivity contribution in [3.05, 3.63) is 25.7 Å². The number of hydrogen-bond acceptors (Lipinski definition) is 6. The summed E-state index contributed by atoms with van der Waals surface area (Å²) in [5.41, 5.74) is 0. The SMILES string of the molecule is C=COCCCCOC(=O)NC(CCCCC)NC(=O)OCCCCOC=C. The summed E-state index contributed by atoms with van der Waals surface area (Å²) in [5.74, 6) is 0. The minimum atomic E-state index is -0.562. The van der Waals surface area contributed by atoms with Gasteiger partial charge in [0.1, 0.15) is 6.17 Å². The van der Waals surface area contributed by atoms with E-state index in [0.29, 0.717) is 32.5 Å². The minimum Gasteiger partial charge on any atom is -0.502 e. The van der Waals surface area contributed by atoms with Crippen LogP contribution in [0.1, 0.15) is 58.3 Å². The Balaban J connectivity index is 4.11. The lowest BCUT2D eigenvalue weighted by Gasteiger charge is -2.20. The van der Waals surface area contributed by atoms with Gasteiger partial charge in [-0.3, -0.25) is 0 Å². The Morgan fingerprint density at radius 3 is 1.68 bits per heavy atom. The van der Waals surface area contributed by atoms with Crippen LogP contribution in [-0.2, 0) is 18.9 Å². The number of carbonyl (C=O) groups is 2. The second kappa shape index (κ2) is 19.4. The second-order valence-electron chi connectivity index (χ2n) is 6.10. The molecule has 0 aromatic rings. The highest BCUT2D eigenvalue weighted by molar-refractivity contribution is 5.70. The molecule has 0 aromatic heterocycles. The van der Waals surface area contributed by atoms with E-state index in [0.717, 1.165) is 32.1 Å². The van der Waals surface area contributed by atoms with Crippen molar-refractivity contribution in [3.63, 3.8) is 0 Å². The maximum atomic E-state index is 11.9. The zero-order chi connectivity index (χ0) is 20.9. The molecule has 0 saturated carbocycles. The van der Waals surface area contributed by atoms with E-state index in [4.69, 9.17) is 18.9 Å². The van der Waals surface area contributed by atoms with Crippen molar-refractivity contribution in [2.75, 3.05) is 26.4 Å². The topological polar surface area (TPSA) is 95.1 Å².